The number of rotatable bonds is 11. The second-order valence-electron chi connectivity index (χ2n) is 7.26. The summed E-state index contributed by atoms with van der Waals surface area (Å²) < 4.78 is 0. The number of aromatic carboxylic acids is 1. The molecule has 2 atom stereocenters. The molecule has 0 unspecified atom stereocenters. The summed E-state index contributed by atoms with van der Waals surface area (Å²) in [4.78, 5) is 11.1. The topological polar surface area (TPSA) is 49.3 Å². The molecule has 3 heteroatoms. The molecule has 1 heterocycles. The monoisotopic (exact) mass is 331 g/mol. The summed E-state index contributed by atoms with van der Waals surface area (Å²) in [6, 6.07) is 5.94. The average molecular weight is 332 g/mol. The van der Waals surface area contributed by atoms with Crippen LogP contribution in [0.15, 0.2) is 18.2 Å². The number of hydrogen-bond donors (Lipinski definition) is 2. The molecule has 1 aliphatic heterocycles. The lowest BCUT2D eigenvalue weighted by atomic mass is 9.93. The van der Waals surface area contributed by atoms with Gasteiger partial charge in [0, 0.05) is 17.6 Å². The molecule has 0 aliphatic carbocycles. The summed E-state index contributed by atoms with van der Waals surface area (Å²) in [5.41, 5.74) is 2.65. The lowest BCUT2D eigenvalue weighted by Gasteiger charge is -2.16. The van der Waals surface area contributed by atoms with E-state index in [2.05, 4.69) is 19.2 Å². The lowest BCUT2D eigenvalue weighted by molar-refractivity contribution is 0.0697. The molecule has 3 nitrogen and oxygen atoms in total. The van der Waals surface area contributed by atoms with E-state index >= 15 is 0 Å². The number of hydrogen-bond acceptors (Lipinski definition) is 2. The quantitative estimate of drug-likeness (QED) is 0.474. The standard InChI is InChI=1S/C21H33NO2/c1-3-4-5-6-7-8-9-10-11-12-19-16(2)18-14-13-17(21(23)24)15-20(18)22-19/h13-16,19,22H,3-12H2,1-2H3,(H,23,24)/t16-,19-/m1/s1. The molecule has 0 fully saturated rings. The van der Waals surface area contributed by atoms with Gasteiger partial charge in [-0.25, -0.2) is 4.79 Å². The van der Waals surface area contributed by atoms with Gasteiger partial charge in [0.2, 0.25) is 0 Å². The van der Waals surface area contributed by atoms with Crippen molar-refractivity contribution in [3.8, 4) is 0 Å². The van der Waals surface area contributed by atoms with E-state index < -0.39 is 5.97 Å². The third-order valence-corrected chi connectivity index (χ3v) is 5.35. The van der Waals surface area contributed by atoms with E-state index in [1.807, 2.05) is 6.07 Å². The van der Waals surface area contributed by atoms with Gasteiger partial charge in [0.25, 0.3) is 0 Å². The molecule has 24 heavy (non-hydrogen) atoms. The zero-order valence-electron chi connectivity index (χ0n) is 15.3. The molecule has 134 valence electrons. The van der Waals surface area contributed by atoms with Gasteiger partial charge >= 0.3 is 5.97 Å². The van der Waals surface area contributed by atoms with Gasteiger partial charge in [-0.1, -0.05) is 77.7 Å². The van der Waals surface area contributed by atoms with Crippen LogP contribution in [0.25, 0.3) is 0 Å². The Morgan fingerprint density at radius 1 is 1.04 bits per heavy atom. The van der Waals surface area contributed by atoms with Gasteiger partial charge < -0.3 is 10.4 Å². The van der Waals surface area contributed by atoms with Gasteiger partial charge in [-0.3, -0.25) is 0 Å². The van der Waals surface area contributed by atoms with Crippen LogP contribution in [0.1, 0.15) is 99.9 Å². The molecule has 0 aromatic heterocycles. The van der Waals surface area contributed by atoms with Crippen molar-refractivity contribution in [3.05, 3.63) is 29.3 Å². The maximum absolute atomic E-state index is 11.1. The van der Waals surface area contributed by atoms with Gasteiger partial charge in [-0.05, 0) is 24.1 Å². The van der Waals surface area contributed by atoms with Crippen molar-refractivity contribution in [1.29, 1.82) is 0 Å². The van der Waals surface area contributed by atoms with E-state index in [9.17, 15) is 4.79 Å². The van der Waals surface area contributed by atoms with Crippen molar-refractivity contribution in [3.63, 3.8) is 0 Å². The predicted molar refractivity (Wildman–Crippen MR) is 101 cm³/mol. The van der Waals surface area contributed by atoms with E-state index in [0.717, 1.165) is 5.69 Å². The summed E-state index contributed by atoms with van der Waals surface area (Å²) in [6.07, 6.45) is 13.4. The highest BCUT2D eigenvalue weighted by molar-refractivity contribution is 5.89. The Kier molecular flexibility index (Phi) is 7.61. The van der Waals surface area contributed by atoms with Crippen LogP contribution in [0, 0.1) is 0 Å². The Hall–Kier alpha value is -1.51. The fraction of sp³-hybridized carbons (Fsp3) is 0.667. The van der Waals surface area contributed by atoms with Gasteiger partial charge in [-0.15, -0.1) is 0 Å². The maximum atomic E-state index is 11.1. The minimum Gasteiger partial charge on any atom is -0.478 e. The van der Waals surface area contributed by atoms with Gasteiger partial charge in [-0.2, -0.15) is 0 Å². The number of nitrogens with one attached hydrogen (secondary N) is 1. The molecule has 1 aromatic carbocycles. The summed E-state index contributed by atoms with van der Waals surface area (Å²) >= 11 is 0. The van der Waals surface area contributed by atoms with Gasteiger partial charge in [0.15, 0.2) is 0 Å². The van der Waals surface area contributed by atoms with Crippen LogP contribution in [-0.2, 0) is 0 Å². The smallest absolute Gasteiger partial charge is 0.335 e. The minimum absolute atomic E-state index is 0.372. The Labute approximate surface area is 146 Å². The normalized spacial score (nSPS) is 19.1. The summed E-state index contributed by atoms with van der Waals surface area (Å²) in [5, 5.41) is 12.7. The maximum Gasteiger partial charge on any atom is 0.335 e. The second-order valence-corrected chi connectivity index (χ2v) is 7.26. The Morgan fingerprint density at radius 3 is 2.29 bits per heavy atom. The van der Waals surface area contributed by atoms with Crippen molar-refractivity contribution >= 4 is 11.7 Å². The molecule has 0 spiro atoms. The Balaban J connectivity index is 1.65. The zero-order valence-corrected chi connectivity index (χ0v) is 15.3. The average Bonchev–Trinajstić information content (AvgIpc) is 2.89. The highest BCUT2D eigenvalue weighted by atomic mass is 16.4. The summed E-state index contributed by atoms with van der Waals surface area (Å²) in [6.45, 7) is 4.51. The number of anilines is 1. The number of fused-ring (bicyclic) bond motifs is 1. The molecule has 0 amide bonds. The number of benzene rings is 1. The second kappa shape index (κ2) is 9.71. The summed E-state index contributed by atoms with van der Waals surface area (Å²) in [5.74, 6) is -0.383. The Bertz CT molecular complexity index is 527. The molecular formula is C21H33NO2. The van der Waals surface area contributed by atoms with Gasteiger partial charge in [0.05, 0.1) is 5.56 Å². The van der Waals surface area contributed by atoms with Crippen LogP contribution >= 0.6 is 0 Å². The van der Waals surface area contributed by atoms with E-state index in [1.54, 1.807) is 12.1 Å². The fourth-order valence-electron chi connectivity index (χ4n) is 3.75. The number of carbonyl (C=O) groups is 1. The first-order valence-electron chi connectivity index (χ1n) is 9.77. The van der Waals surface area contributed by atoms with Crippen LogP contribution in [0.4, 0.5) is 5.69 Å². The van der Waals surface area contributed by atoms with E-state index in [1.165, 1.54) is 69.8 Å². The van der Waals surface area contributed by atoms with Crippen LogP contribution in [-0.4, -0.2) is 17.1 Å². The first kappa shape index (κ1) is 18.8. The predicted octanol–water partition coefficient (Wildman–Crippen LogP) is 6.20. The molecule has 1 aliphatic rings. The largest absolute Gasteiger partial charge is 0.478 e. The van der Waals surface area contributed by atoms with Crippen molar-refractivity contribution in [2.24, 2.45) is 0 Å². The number of unbranched alkanes of at least 4 members (excludes halogenated alkanes) is 8. The molecule has 2 rings (SSSR count). The fourth-order valence-corrected chi connectivity index (χ4v) is 3.75. The molecule has 0 bridgehead atoms. The van der Waals surface area contributed by atoms with Crippen LogP contribution in [0.3, 0.4) is 0 Å². The molecule has 0 saturated heterocycles. The highest BCUT2D eigenvalue weighted by Crippen LogP contribution is 2.38. The van der Waals surface area contributed by atoms with Crippen LogP contribution < -0.4 is 5.32 Å². The Morgan fingerprint density at radius 2 is 1.67 bits per heavy atom. The number of carboxylic acid groups (broad SMARTS) is 1. The minimum atomic E-state index is -0.852. The van der Waals surface area contributed by atoms with Crippen molar-refractivity contribution < 1.29 is 9.90 Å². The van der Waals surface area contributed by atoms with Crippen LogP contribution in [0.2, 0.25) is 0 Å². The molecule has 0 saturated carbocycles. The molecule has 1 aromatic rings. The van der Waals surface area contributed by atoms with E-state index in [-0.39, 0.29) is 0 Å². The van der Waals surface area contributed by atoms with Crippen molar-refractivity contribution in [2.75, 3.05) is 5.32 Å². The highest BCUT2D eigenvalue weighted by Gasteiger charge is 2.28. The lowest BCUT2D eigenvalue weighted by Crippen LogP contribution is -2.18. The molecular weight excluding hydrogens is 298 g/mol. The number of carboxylic acids is 1. The van der Waals surface area contributed by atoms with Crippen molar-refractivity contribution in [2.45, 2.75) is 90.0 Å². The zero-order chi connectivity index (χ0) is 17.4. The SMILES string of the molecule is CCCCCCCCCCC[C@H]1Nc2cc(C(=O)O)ccc2[C@H]1C. The van der Waals surface area contributed by atoms with Crippen LogP contribution in [0.5, 0.6) is 0 Å². The first-order valence-corrected chi connectivity index (χ1v) is 9.77. The third-order valence-electron chi connectivity index (χ3n) is 5.35. The molecule has 2 N–H and O–H groups in total. The molecule has 0 radical (unpaired) electrons. The van der Waals surface area contributed by atoms with E-state index in [4.69, 9.17) is 5.11 Å². The van der Waals surface area contributed by atoms with Gasteiger partial charge in [0.1, 0.15) is 0 Å². The van der Waals surface area contributed by atoms with E-state index in [0.29, 0.717) is 17.5 Å². The first-order chi connectivity index (χ1) is 11.6. The third kappa shape index (κ3) is 5.25. The van der Waals surface area contributed by atoms with Crippen molar-refractivity contribution in [1.82, 2.24) is 0 Å². The summed E-state index contributed by atoms with van der Waals surface area (Å²) in [7, 11) is 0.